The van der Waals surface area contributed by atoms with Crippen LogP contribution in [0.25, 0.3) is 10.8 Å². The quantitative estimate of drug-likeness (QED) is 0.680. The molecule has 2 aromatic rings. The second-order valence-corrected chi connectivity index (χ2v) is 7.15. The first kappa shape index (κ1) is 18.2. The summed E-state index contributed by atoms with van der Waals surface area (Å²) >= 11 is 6.68. The van der Waals surface area contributed by atoms with E-state index in [-0.39, 0.29) is 23.7 Å². The van der Waals surface area contributed by atoms with Crippen molar-refractivity contribution < 1.29 is 18.9 Å². The Morgan fingerprint density at radius 3 is 2.36 bits per heavy atom. The van der Waals surface area contributed by atoms with Crippen LogP contribution in [0.15, 0.2) is 18.2 Å². The summed E-state index contributed by atoms with van der Waals surface area (Å²) in [6, 6.07) is 5.92. The molecular formula is C20H25ClO4. The van der Waals surface area contributed by atoms with Gasteiger partial charge in [-0.25, -0.2) is 0 Å². The first-order chi connectivity index (χ1) is 11.9. The Hall–Kier alpha value is -1.65. The summed E-state index contributed by atoms with van der Waals surface area (Å²) in [7, 11) is 3.30. The maximum Gasteiger partial charge on any atom is 0.134 e. The Balaban J connectivity index is 2.41. The second-order valence-electron chi connectivity index (χ2n) is 6.68. The van der Waals surface area contributed by atoms with Crippen LogP contribution in [0.5, 0.6) is 17.2 Å². The van der Waals surface area contributed by atoms with Crippen LogP contribution in [-0.4, -0.2) is 26.4 Å². The molecule has 1 heterocycles. The zero-order valence-corrected chi connectivity index (χ0v) is 16.3. The van der Waals surface area contributed by atoms with Gasteiger partial charge in [0.15, 0.2) is 0 Å². The SMILES string of the molecule is COc1cc(OC)c2c(OC(C)C)cc3c(c2c1)[C@@H](C)O[C@@H](C)[C@H]3Cl. The van der Waals surface area contributed by atoms with Gasteiger partial charge in [0.2, 0.25) is 0 Å². The molecule has 2 aromatic carbocycles. The third-order valence-corrected chi connectivity index (χ3v) is 5.15. The van der Waals surface area contributed by atoms with Crippen molar-refractivity contribution in [1.82, 2.24) is 0 Å². The van der Waals surface area contributed by atoms with Crippen LogP contribution >= 0.6 is 11.6 Å². The number of halogens is 1. The molecule has 0 radical (unpaired) electrons. The number of ether oxygens (including phenoxy) is 4. The standard InChI is InChI=1S/C20H25ClO4/c1-10(2)24-17-9-15-18(11(3)25-12(4)20(15)21)14-7-13(22-5)8-16(23-6)19(14)17/h7-12,20H,1-6H3/t11-,12+,20-/m1/s1. The van der Waals surface area contributed by atoms with Gasteiger partial charge in [0.05, 0.1) is 43.3 Å². The average molecular weight is 365 g/mol. The first-order valence-corrected chi connectivity index (χ1v) is 8.99. The van der Waals surface area contributed by atoms with E-state index in [1.54, 1.807) is 14.2 Å². The van der Waals surface area contributed by atoms with E-state index < -0.39 is 0 Å². The number of hydrogen-bond acceptors (Lipinski definition) is 4. The van der Waals surface area contributed by atoms with Gasteiger partial charge in [0, 0.05) is 6.07 Å². The highest BCUT2D eigenvalue weighted by Gasteiger charge is 2.33. The predicted octanol–water partition coefficient (Wildman–Crippen LogP) is 5.40. The fourth-order valence-corrected chi connectivity index (χ4v) is 3.76. The maximum absolute atomic E-state index is 6.68. The van der Waals surface area contributed by atoms with Gasteiger partial charge >= 0.3 is 0 Å². The number of rotatable bonds is 4. The minimum absolute atomic E-state index is 0.0384. The van der Waals surface area contributed by atoms with Gasteiger partial charge in [-0.1, -0.05) is 0 Å². The Kier molecular flexibility index (Phi) is 5.03. The molecule has 0 fully saturated rings. The minimum Gasteiger partial charge on any atom is -0.497 e. The molecular weight excluding hydrogens is 340 g/mol. The fraction of sp³-hybridized carbons (Fsp3) is 0.500. The molecule has 0 bridgehead atoms. The van der Waals surface area contributed by atoms with Gasteiger partial charge in [0.1, 0.15) is 17.2 Å². The second kappa shape index (κ2) is 6.93. The van der Waals surface area contributed by atoms with Crippen molar-refractivity contribution in [1.29, 1.82) is 0 Å². The van der Waals surface area contributed by atoms with Crippen molar-refractivity contribution in [3.8, 4) is 17.2 Å². The van der Waals surface area contributed by atoms with Crippen molar-refractivity contribution in [3.63, 3.8) is 0 Å². The molecule has 0 aromatic heterocycles. The number of alkyl halides is 1. The highest BCUT2D eigenvalue weighted by atomic mass is 35.5. The first-order valence-electron chi connectivity index (χ1n) is 8.56. The summed E-state index contributed by atoms with van der Waals surface area (Å²) in [5.41, 5.74) is 2.12. The predicted molar refractivity (Wildman–Crippen MR) is 100 cm³/mol. The van der Waals surface area contributed by atoms with E-state index in [1.807, 2.05) is 45.9 Å². The monoisotopic (exact) mass is 364 g/mol. The Bertz CT molecular complexity index is 787. The number of methoxy groups -OCH3 is 2. The van der Waals surface area contributed by atoms with Crippen LogP contribution in [0.4, 0.5) is 0 Å². The van der Waals surface area contributed by atoms with Gasteiger partial charge in [-0.15, -0.1) is 11.6 Å². The molecule has 136 valence electrons. The van der Waals surface area contributed by atoms with Gasteiger partial charge in [0.25, 0.3) is 0 Å². The van der Waals surface area contributed by atoms with E-state index in [0.29, 0.717) is 5.75 Å². The van der Waals surface area contributed by atoms with E-state index in [2.05, 4.69) is 0 Å². The highest BCUT2D eigenvalue weighted by Crippen LogP contribution is 2.49. The van der Waals surface area contributed by atoms with E-state index in [4.69, 9.17) is 30.5 Å². The maximum atomic E-state index is 6.68. The third kappa shape index (κ3) is 3.13. The minimum atomic E-state index is -0.234. The Labute approximate surface area is 154 Å². The normalized spacial score (nSPS) is 22.8. The molecule has 4 nitrogen and oxygen atoms in total. The van der Waals surface area contributed by atoms with Gasteiger partial charge in [-0.3, -0.25) is 0 Å². The van der Waals surface area contributed by atoms with E-state index in [0.717, 1.165) is 33.4 Å². The summed E-state index contributed by atoms with van der Waals surface area (Å²) in [6.45, 7) is 8.06. The largest absolute Gasteiger partial charge is 0.497 e. The lowest BCUT2D eigenvalue weighted by Crippen LogP contribution is -2.25. The van der Waals surface area contributed by atoms with Crippen LogP contribution in [0.1, 0.15) is 50.3 Å². The summed E-state index contributed by atoms with van der Waals surface area (Å²) in [4.78, 5) is 0. The van der Waals surface area contributed by atoms with E-state index >= 15 is 0 Å². The van der Waals surface area contributed by atoms with Crippen molar-refractivity contribution in [2.75, 3.05) is 14.2 Å². The lowest BCUT2D eigenvalue weighted by molar-refractivity contribution is -0.00700. The highest BCUT2D eigenvalue weighted by molar-refractivity contribution is 6.21. The molecule has 1 aliphatic heterocycles. The summed E-state index contributed by atoms with van der Waals surface area (Å²) in [5, 5.41) is 1.68. The van der Waals surface area contributed by atoms with Crippen LogP contribution < -0.4 is 14.2 Å². The molecule has 0 unspecified atom stereocenters. The van der Waals surface area contributed by atoms with Crippen molar-refractivity contribution in [2.24, 2.45) is 0 Å². The molecule has 3 rings (SSSR count). The molecule has 0 aliphatic carbocycles. The lowest BCUT2D eigenvalue weighted by Gasteiger charge is -2.34. The molecule has 25 heavy (non-hydrogen) atoms. The molecule has 0 spiro atoms. The average Bonchev–Trinajstić information content (AvgIpc) is 2.57. The lowest BCUT2D eigenvalue weighted by atomic mass is 9.89. The molecule has 0 amide bonds. The molecule has 0 saturated carbocycles. The van der Waals surface area contributed by atoms with Crippen LogP contribution in [0, 0.1) is 0 Å². The van der Waals surface area contributed by atoms with Gasteiger partial charge in [-0.2, -0.15) is 0 Å². The fourth-order valence-electron chi connectivity index (χ4n) is 3.52. The Morgan fingerprint density at radius 1 is 1.04 bits per heavy atom. The number of benzene rings is 2. The van der Waals surface area contributed by atoms with Crippen LogP contribution in [-0.2, 0) is 4.74 Å². The van der Waals surface area contributed by atoms with E-state index in [1.165, 1.54) is 0 Å². The van der Waals surface area contributed by atoms with E-state index in [9.17, 15) is 0 Å². The summed E-state index contributed by atoms with van der Waals surface area (Å²) < 4.78 is 23.3. The molecule has 5 heteroatoms. The van der Waals surface area contributed by atoms with Gasteiger partial charge < -0.3 is 18.9 Å². The topological polar surface area (TPSA) is 36.9 Å². The molecule has 1 aliphatic rings. The smallest absolute Gasteiger partial charge is 0.134 e. The van der Waals surface area contributed by atoms with Gasteiger partial charge in [-0.05, 0) is 56.3 Å². The summed E-state index contributed by atoms with van der Waals surface area (Å²) in [5.74, 6) is 2.21. The van der Waals surface area contributed by atoms with Crippen molar-refractivity contribution >= 4 is 22.4 Å². The zero-order valence-electron chi connectivity index (χ0n) is 15.6. The molecule has 0 saturated heterocycles. The molecule has 0 N–H and O–H groups in total. The molecule has 3 atom stereocenters. The van der Waals surface area contributed by atoms with Crippen LogP contribution in [0.3, 0.4) is 0 Å². The third-order valence-electron chi connectivity index (χ3n) is 4.56. The summed E-state index contributed by atoms with van der Waals surface area (Å²) in [6.07, 6.45) is -0.107. The number of fused-ring (bicyclic) bond motifs is 3. The zero-order chi connectivity index (χ0) is 18.3. The van der Waals surface area contributed by atoms with Crippen molar-refractivity contribution in [3.05, 3.63) is 29.3 Å². The van der Waals surface area contributed by atoms with Crippen LogP contribution in [0.2, 0.25) is 0 Å². The Morgan fingerprint density at radius 2 is 1.76 bits per heavy atom. The number of hydrogen-bond donors (Lipinski definition) is 0. The van der Waals surface area contributed by atoms with Crippen molar-refractivity contribution in [2.45, 2.75) is 51.4 Å².